The minimum atomic E-state index is -0.515. The van der Waals surface area contributed by atoms with Crippen LogP contribution in [0.3, 0.4) is 0 Å². The fourth-order valence-electron chi connectivity index (χ4n) is 2.01. The number of carbonyl (C=O) groups excluding carboxylic acids is 2. The van der Waals surface area contributed by atoms with Gasteiger partial charge in [0.2, 0.25) is 12.3 Å². The van der Waals surface area contributed by atoms with Crippen LogP contribution in [0.1, 0.15) is 32.3 Å². The third kappa shape index (κ3) is 5.55. The highest BCUT2D eigenvalue weighted by Crippen LogP contribution is 2.04. The van der Waals surface area contributed by atoms with Crippen molar-refractivity contribution in [2.75, 3.05) is 0 Å². The van der Waals surface area contributed by atoms with Crippen LogP contribution in [-0.4, -0.2) is 24.4 Å². The molecule has 0 fully saturated rings. The standard InChI is InChI=1S/C15H22N2O2/c1-3-7-12(2)17-15(19)14(16-11-18)10-13-8-5-4-6-9-13/h4-6,8-9,11-12,14H,3,7,10H2,1-2H3,(H,16,18)(H,17,19). The van der Waals surface area contributed by atoms with Crippen molar-refractivity contribution >= 4 is 12.3 Å². The van der Waals surface area contributed by atoms with E-state index in [-0.39, 0.29) is 11.9 Å². The topological polar surface area (TPSA) is 58.2 Å². The van der Waals surface area contributed by atoms with E-state index in [4.69, 9.17) is 0 Å². The predicted molar refractivity (Wildman–Crippen MR) is 75.6 cm³/mol. The number of nitrogens with one attached hydrogen (secondary N) is 2. The number of benzene rings is 1. The lowest BCUT2D eigenvalue weighted by Gasteiger charge is -2.19. The molecular formula is C15H22N2O2. The van der Waals surface area contributed by atoms with Gasteiger partial charge in [-0.15, -0.1) is 0 Å². The molecule has 0 radical (unpaired) electrons. The molecule has 0 heterocycles. The van der Waals surface area contributed by atoms with Gasteiger partial charge in [-0.05, 0) is 18.9 Å². The molecule has 2 unspecified atom stereocenters. The van der Waals surface area contributed by atoms with Crippen molar-refractivity contribution in [1.29, 1.82) is 0 Å². The Morgan fingerprint density at radius 3 is 2.58 bits per heavy atom. The second kappa shape index (κ2) is 8.29. The zero-order valence-electron chi connectivity index (χ0n) is 11.6. The van der Waals surface area contributed by atoms with E-state index in [1.165, 1.54) is 0 Å². The Labute approximate surface area is 114 Å². The fourth-order valence-corrected chi connectivity index (χ4v) is 2.01. The Hall–Kier alpha value is -1.84. The molecule has 1 aromatic rings. The van der Waals surface area contributed by atoms with Crippen molar-refractivity contribution in [2.45, 2.75) is 45.2 Å². The molecule has 0 aromatic heterocycles. The van der Waals surface area contributed by atoms with Crippen LogP contribution in [0.15, 0.2) is 30.3 Å². The van der Waals surface area contributed by atoms with Crippen LogP contribution in [0, 0.1) is 0 Å². The summed E-state index contributed by atoms with van der Waals surface area (Å²) in [6.45, 7) is 4.05. The van der Waals surface area contributed by atoms with Gasteiger partial charge in [0.05, 0.1) is 0 Å². The van der Waals surface area contributed by atoms with Gasteiger partial charge in [0.1, 0.15) is 6.04 Å². The fraction of sp³-hybridized carbons (Fsp3) is 0.467. The van der Waals surface area contributed by atoms with Gasteiger partial charge in [-0.3, -0.25) is 9.59 Å². The van der Waals surface area contributed by atoms with Gasteiger partial charge in [0, 0.05) is 12.5 Å². The van der Waals surface area contributed by atoms with Gasteiger partial charge < -0.3 is 10.6 Å². The molecule has 2 N–H and O–H groups in total. The minimum Gasteiger partial charge on any atom is -0.352 e. The lowest BCUT2D eigenvalue weighted by Crippen LogP contribution is -2.47. The van der Waals surface area contributed by atoms with Crippen molar-refractivity contribution in [2.24, 2.45) is 0 Å². The maximum atomic E-state index is 12.1. The molecule has 4 heteroatoms. The van der Waals surface area contributed by atoms with E-state index in [2.05, 4.69) is 17.6 Å². The van der Waals surface area contributed by atoms with E-state index >= 15 is 0 Å². The molecule has 1 rings (SSSR count). The molecule has 104 valence electrons. The molecule has 19 heavy (non-hydrogen) atoms. The monoisotopic (exact) mass is 262 g/mol. The highest BCUT2D eigenvalue weighted by atomic mass is 16.2. The highest BCUT2D eigenvalue weighted by Gasteiger charge is 2.19. The molecule has 0 spiro atoms. The summed E-state index contributed by atoms with van der Waals surface area (Å²) in [4.78, 5) is 22.7. The van der Waals surface area contributed by atoms with Crippen molar-refractivity contribution in [1.82, 2.24) is 10.6 Å². The zero-order chi connectivity index (χ0) is 14.1. The average molecular weight is 262 g/mol. The lowest BCUT2D eigenvalue weighted by atomic mass is 10.0. The maximum Gasteiger partial charge on any atom is 0.243 e. The van der Waals surface area contributed by atoms with Crippen LogP contribution in [0.2, 0.25) is 0 Å². The number of hydrogen-bond donors (Lipinski definition) is 2. The molecule has 0 aliphatic carbocycles. The van der Waals surface area contributed by atoms with Crippen molar-refractivity contribution < 1.29 is 9.59 Å². The Morgan fingerprint density at radius 2 is 2.00 bits per heavy atom. The Bertz CT molecular complexity index is 392. The second-order valence-corrected chi connectivity index (χ2v) is 4.73. The quantitative estimate of drug-likeness (QED) is 0.700. The normalized spacial score (nSPS) is 13.4. The van der Waals surface area contributed by atoms with Crippen LogP contribution in [-0.2, 0) is 16.0 Å². The second-order valence-electron chi connectivity index (χ2n) is 4.73. The van der Waals surface area contributed by atoms with Gasteiger partial charge in [0.15, 0.2) is 0 Å². The third-order valence-corrected chi connectivity index (χ3v) is 2.98. The molecule has 2 amide bonds. The molecular weight excluding hydrogens is 240 g/mol. The molecule has 0 aliphatic rings. The Balaban J connectivity index is 2.61. The van der Waals surface area contributed by atoms with Gasteiger partial charge >= 0.3 is 0 Å². The van der Waals surface area contributed by atoms with Crippen molar-refractivity contribution in [3.63, 3.8) is 0 Å². The first-order valence-electron chi connectivity index (χ1n) is 6.71. The number of hydrogen-bond acceptors (Lipinski definition) is 2. The summed E-state index contributed by atoms with van der Waals surface area (Å²) in [5, 5.41) is 5.51. The molecule has 2 atom stereocenters. The number of rotatable bonds is 8. The summed E-state index contributed by atoms with van der Waals surface area (Å²) >= 11 is 0. The summed E-state index contributed by atoms with van der Waals surface area (Å²) < 4.78 is 0. The first-order chi connectivity index (χ1) is 9.17. The smallest absolute Gasteiger partial charge is 0.243 e. The maximum absolute atomic E-state index is 12.1. The summed E-state index contributed by atoms with van der Waals surface area (Å²) in [6, 6.07) is 9.28. The van der Waals surface area contributed by atoms with Crippen LogP contribution in [0.5, 0.6) is 0 Å². The molecule has 0 aliphatic heterocycles. The number of carbonyl (C=O) groups is 2. The minimum absolute atomic E-state index is 0.128. The highest BCUT2D eigenvalue weighted by molar-refractivity contribution is 5.84. The molecule has 0 saturated carbocycles. The van der Waals surface area contributed by atoms with Gasteiger partial charge in [-0.25, -0.2) is 0 Å². The van der Waals surface area contributed by atoms with E-state index < -0.39 is 6.04 Å². The van der Waals surface area contributed by atoms with Crippen LogP contribution < -0.4 is 10.6 Å². The summed E-state index contributed by atoms with van der Waals surface area (Å²) in [5.41, 5.74) is 1.03. The van der Waals surface area contributed by atoms with E-state index in [0.717, 1.165) is 18.4 Å². The summed E-state index contributed by atoms with van der Waals surface area (Å²) in [5.74, 6) is -0.128. The van der Waals surface area contributed by atoms with E-state index in [9.17, 15) is 9.59 Å². The SMILES string of the molecule is CCCC(C)NC(=O)C(Cc1ccccc1)NC=O. The van der Waals surface area contributed by atoms with Gasteiger partial charge in [0.25, 0.3) is 0 Å². The summed E-state index contributed by atoms with van der Waals surface area (Å²) in [7, 11) is 0. The first kappa shape index (κ1) is 15.2. The van der Waals surface area contributed by atoms with E-state index in [0.29, 0.717) is 12.8 Å². The largest absolute Gasteiger partial charge is 0.352 e. The lowest BCUT2D eigenvalue weighted by molar-refractivity contribution is -0.125. The molecule has 1 aromatic carbocycles. The summed E-state index contributed by atoms with van der Waals surface area (Å²) in [6.07, 6.45) is 3.04. The van der Waals surface area contributed by atoms with E-state index in [1.807, 2.05) is 37.3 Å². The zero-order valence-corrected chi connectivity index (χ0v) is 11.6. The average Bonchev–Trinajstić information content (AvgIpc) is 2.39. The number of amides is 2. The first-order valence-corrected chi connectivity index (χ1v) is 6.71. The van der Waals surface area contributed by atoms with Crippen molar-refractivity contribution in [3.8, 4) is 0 Å². The van der Waals surface area contributed by atoms with E-state index in [1.54, 1.807) is 0 Å². The van der Waals surface area contributed by atoms with Crippen LogP contribution in [0.25, 0.3) is 0 Å². The predicted octanol–water partition coefficient (Wildman–Crippen LogP) is 1.65. The molecule has 0 saturated heterocycles. The van der Waals surface area contributed by atoms with Crippen LogP contribution in [0.4, 0.5) is 0 Å². The third-order valence-electron chi connectivity index (χ3n) is 2.98. The van der Waals surface area contributed by atoms with Crippen LogP contribution >= 0.6 is 0 Å². The van der Waals surface area contributed by atoms with Crippen molar-refractivity contribution in [3.05, 3.63) is 35.9 Å². The van der Waals surface area contributed by atoms with Gasteiger partial charge in [-0.2, -0.15) is 0 Å². The van der Waals surface area contributed by atoms with Gasteiger partial charge in [-0.1, -0.05) is 43.7 Å². The molecule has 0 bridgehead atoms. The molecule has 4 nitrogen and oxygen atoms in total. The Kier molecular flexibility index (Phi) is 6.64. The Morgan fingerprint density at radius 1 is 1.32 bits per heavy atom.